The first-order valence-corrected chi connectivity index (χ1v) is 7.90. The second-order valence-corrected chi connectivity index (χ2v) is 5.85. The molecule has 0 amide bonds. The van der Waals surface area contributed by atoms with Gasteiger partial charge in [0.05, 0.1) is 21.5 Å². The number of halogens is 2. The van der Waals surface area contributed by atoms with Crippen LogP contribution in [0, 0.1) is 5.82 Å². The molecule has 7 heteroatoms. The first-order valence-electron chi connectivity index (χ1n) is 7.19. The average Bonchev–Trinajstić information content (AvgIpc) is 2.58. The zero-order chi connectivity index (χ0) is 17.3. The molecule has 3 rings (SSSR count). The molecule has 0 bridgehead atoms. The zero-order valence-electron chi connectivity index (χ0n) is 12.5. The summed E-state index contributed by atoms with van der Waals surface area (Å²) in [6.07, 6.45) is 0. The highest BCUT2D eigenvalue weighted by Gasteiger charge is 2.19. The molecule has 0 aliphatic carbocycles. The number of nitrogens with two attached hydrogens (primary N) is 1. The van der Waals surface area contributed by atoms with Gasteiger partial charge in [0.15, 0.2) is 5.75 Å². The monoisotopic (exact) mass is 392 g/mol. The third-order valence-corrected chi connectivity index (χ3v) is 4.23. The lowest BCUT2D eigenvalue weighted by Crippen LogP contribution is -2.18. The number of aromatic hydroxyl groups is 1. The van der Waals surface area contributed by atoms with Gasteiger partial charge in [0, 0.05) is 17.5 Å². The van der Waals surface area contributed by atoms with Crippen molar-refractivity contribution in [2.45, 2.75) is 0 Å². The Morgan fingerprint density at radius 3 is 2.54 bits per heavy atom. The molecule has 24 heavy (non-hydrogen) atoms. The summed E-state index contributed by atoms with van der Waals surface area (Å²) in [4.78, 5) is 12.6. The number of hydrogen-bond donors (Lipinski definition) is 2. The normalized spacial score (nSPS) is 11.0. The standard InChI is InChI=1S/C17H14BrFN2O3/c18-21-15(10-1-4-12(22)5-2-10)16(24-8-7-20)13-6-3-11(19)9-14(13)17(21)23/h1-6,9,22H,7-8,20H2. The smallest absolute Gasteiger partial charge is 0.269 e. The molecule has 3 N–H and O–H groups in total. The maximum absolute atomic E-state index is 13.5. The van der Waals surface area contributed by atoms with E-state index < -0.39 is 11.4 Å². The number of fused-ring (bicyclic) bond motifs is 1. The van der Waals surface area contributed by atoms with Crippen LogP contribution in [0.2, 0.25) is 0 Å². The molecule has 5 nitrogen and oxygen atoms in total. The van der Waals surface area contributed by atoms with Crippen molar-refractivity contribution in [1.29, 1.82) is 0 Å². The van der Waals surface area contributed by atoms with Gasteiger partial charge in [-0.3, -0.25) is 4.79 Å². The van der Waals surface area contributed by atoms with Gasteiger partial charge in [-0.2, -0.15) is 0 Å². The second kappa shape index (κ2) is 6.62. The summed E-state index contributed by atoms with van der Waals surface area (Å²) in [5.41, 5.74) is 6.23. The number of hydrogen-bond acceptors (Lipinski definition) is 4. The summed E-state index contributed by atoms with van der Waals surface area (Å²) in [5.74, 6) is 0.0152. The first-order chi connectivity index (χ1) is 11.5. The molecule has 0 saturated heterocycles. The van der Waals surface area contributed by atoms with Gasteiger partial charge in [0.2, 0.25) is 0 Å². The van der Waals surface area contributed by atoms with Crippen LogP contribution < -0.4 is 16.0 Å². The van der Waals surface area contributed by atoms with E-state index in [4.69, 9.17) is 10.5 Å². The third kappa shape index (κ3) is 2.88. The Morgan fingerprint density at radius 1 is 1.17 bits per heavy atom. The Hall–Kier alpha value is -2.38. The van der Waals surface area contributed by atoms with Gasteiger partial charge in [-0.1, -0.05) is 0 Å². The van der Waals surface area contributed by atoms with E-state index in [1.807, 2.05) is 0 Å². The molecule has 124 valence electrons. The number of ether oxygens (including phenoxy) is 1. The van der Waals surface area contributed by atoms with Crippen molar-refractivity contribution >= 4 is 26.9 Å². The highest BCUT2D eigenvalue weighted by atomic mass is 79.9. The van der Waals surface area contributed by atoms with Crippen LogP contribution in [0.5, 0.6) is 11.5 Å². The van der Waals surface area contributed by atoms with Gasteiger partial charge >= 0.3 is 0 Å². The highest BCUT2D eigenvalue weighted by Crippen LogP contribution is 2.36. The Bertz CT molecular complexity index is 955. The highest BCUT2D eigenvalue weighted by molar-refractivity contribution is 9.08. The molecule has 0 aliphatic rings. The van der Waals surface area contributed by atoms with E-state index in [1.54, 1.807) is 12.1 Å². The molecule has 2 aromatic carbocycles. The van der Waals surface area contributed by atoms with Gasteiger partial charge < -0.3 is 15.6 Å². The number of benzene rings is 2. The van der Waals surface area contributed by atoms with E-state index in [2.05, 4.69) is 16.1 Å². The van der Waals surface area contributed by atoms with E-state index >= 15 is 0 Å². The van der Waals surface area contributed by atoms with Crippen LogP contribution in [0.1, 0.15) is 0 Å². The minimum atomic E-state index is -0.505. The van der Waals surface area contributed by atoms with Crippen LogP contribution >= 0.6 is 16.1 Å². The third-order valence-electron chi connectivity index (χ3n) is 3.55. The first kappa shape index (κ1) is 16.5. The van der Waals surface area contributed by atoms with Gasteiger partial charge in [-0.15, -0.1) is 0 Å². The Kier molecular flexibility index (Phi) is 4.55. The Balaban J connectivity index is 2.38. The van der Waals surface area contributed by atoms with Crippen molar-refractivity contribution in [2.24, 2.45) is 5.73 Å². The van der Waals surface area contributed by atoms with Gasteiger partial charge in [0.1, 0.15) is 23.9 Å². The summed E-state index contributed by atoms with van der Waals surface area (Å²) in [6, 6.07) is 10.3. The molecule has 0 unspecified atom stereocenters. The molecule has 0 aliphatic heterocycles. The summed E-state index contributed by atoms with van der Waals surface area (Å²) in [7, 11) is 0. The van der Waals surface area contributed by atoms with E-state index in [0.29, 0.717) is 28.9 Å². The Morgan fingerprint density at radius 2 is 1.88 bits per heavy atom. The van der Waals surface area contributed by atoms with Gasteiger partial charge in [0.25, 0.3) is 5.56 Å². The molecule has 0 radical (unpaired) electrons. The van der Waals surface area contributed by atoms with E-state index in [-0.39, 0.29) is 17.7 Å². The predicted octanol–water partition coefficient (Wildman–Crippen LogP) is 3.01. The average molecular weight is 393 g/mol. The molecule has 0 atom stereocenters. The fraction of sp³-hybridized carbons (Fsp3) is 0.118. The minimum absolute atomic E-state index is 0.106. The topological polar surface area (TPSA) is 77.5 Å². The van der Waals surface area contributed by atoms with E-state index in [9.17, 15) is 14.3 Å². The minimum Gasteiger partial charge on any atom is -0.508 e. The maximum atomic E-state index is 13.5. The Labute approximate surface area is 145 Å². The molecule has 1 heterocycles. The van der Waals surface area contributed by atoms with Crippen molar-refractivity contribution in [3.63, 3.8) is 0 Å². The lowest BCUT2D eigenvalue weighted by Gasteiger charge is -2.16. The van der Waals surface area contributed by atoms with E-state index in [1.165, 1.54) is 33.9 Å². The van der Waals surface area contributed by atoms with Crippen molar-refractivity contribution in [1.82, 2.24) is 3.59 Å². The number of rotatable bonds is 4. The molecule has 3 aromatic rings. The zero-order valence-corrected chi connectivity index (χ0v) is 14.1. The van der Waals surface area contributed by atoms with Gasteiger partial charge in [-0.25, -0.2) is 7.98 Å². The van der Waals surface area contributed by atoms with Crippen LogP contribution in [0.25, 0.3) is 22.0 Å². The fourth-order valence-electron chi connectivity index (χ4n) is 2.49. The van der Waals surface area contributed by atoms with Crippen molar-refractivity contribution in [3.8, 4) is 22.8 Å². The largest absolute Gasteiger partial charge is 0.508 e. The van der Waals surface area contributed by atoms with Crippen LogP contribution in [0.15, 0.2) is 47.3 Å². The molecule has 0 saturated carbocycles. The number of phenolic OH excluding ortho intramolecular Hbond substituents is 1. The predicted molar refractivity (Wildman–Crippen MR) is 94.1 cm³/mol. The second-order valence-electron chi connectivity index (χ2n) is 5.14. The number of phenols is 1. The van der Waals surface area contributed by atoms with E-state index in [0.717, 1.165) is 0 Å². The molecule has 1 aromatic heterocycles. The van der Waals surface area contributed by atoms with Crippen molar-refractivity contribution in [2.75, 3.05) is 13.2 Å². The van der Waals surface area contributed by atoms with Crippen LogP contribution in [0.3, 0.4) is 0 Å². The SMILES string of the molecule is NCCOc1c(-c2ccc(O)cc2)n(Br)c(=O)c2cc(F)ccc12. The maximum Gasteiger partial charge on any atom is 0.269 e. The van der Waals surface area contributed by atoms with Crippen LogP contribution in [-0.2, 0) is 0 Å². The lowest BCUT2D eigenvalue weighted by atomic mass is 10.1. The lowest BCUT2D eigenvalue weighted by molar-refractivity contribution is 0.332. The fourth-order valence-corrected chi connectivity index (χ4v) is 3.04. The summed E-state index contributed by atoms with van der Waals surface area (Å²) >= 11 is 3.23. The quantitative estimate of drug-likeness (QED) is 0.715. The summed E-state index contributed by atoms with van der Waals surface area (Å²) in [5, 5.41) is 10.2. The molecule has 0 spiro atoms. The summed E-state index contributed by atoms with van der Waals surface area (Å²) < 4.78 is 20.5. The number of nitrogens with zero attached hydrogens (tertiary/aromatic N) is 1. The molecular formula is C17H14BrFN2O3. The molecular weight excluding hydrogens is 379 g/mol. The summed E-state index contributed by atoms with van der Waals surface area (Å²) in [6.45, 7) is 0.530. The van der Waals surface area contributed by atoms with Crippen molar-refractivity contribution in [3.05, 3.63) is 58.6 Å². The van der Waals surface area contributed by atoms with Gasteiger partial charge in [-0.05, 0) is 42.5 Å². The number of aromatic nitrogens is 1. The van der Waals surface area contributed by atoms with Crippen LogP contribution in [-0.4, -0.2) is 21.9 Å². The van der Waals surface area contributed by atoms with Crippen molar-refractivity contribution < 1.29 is 14.2 Å². The molecule has 0 fully saturated rings. The van der Waals surface area contributed by atoms with Crippen LogP contribution in [0.4, 0.5) is 4.39 Å². The number of pyridine rings is 1.